The Morgan fingerprint density at radius 2 is 1.19 bits per heavy atom. The zero-order chi connectivity index (χ0) is 25.4. The summed E-state index contributed by atoms with van der Waals surface area (Å²) in [6.45, 7) is 23.4. The van der Waals surface area contributed by atoms with Crippen LogP contribution in [0.1, 0.15) is 126 Å². The fraction of sp³-hybridized carbons (Fsp3) is 0.667. The van der Waals surface area contributed by atoms with Crippen LogP contribution in [0.4, 0.5) is 0 Å². The first-order valence-electron chi connectivity index (χ1n) is 15.0. The minimum Gasteiger partial charge on any atom is -0.0984 e. The van der Waals surface area contributed by atoms with Crippen LogP contribution in [0.25, 0.3) is 18.2 Å². The third-order valence-electron chi connectivity index (χ3n) is 12.9. The number of hydrogen-bond donors (Lipinski definition) is 0. The highest BCUT2D eigenvalue weighted by Crippen LogP contribution is 2.84. The van der Waals surface area contributed by atoms with Gasteiger partial charge in [-0.05, 0) is 143 Å². The topological polar surface area (TPSA) is 0 Å². The first-order chi connectivity index (χ1) is 16.9. The van der Waals surface area contributed by atoms with Crippen LogP contribution in [0.3, 0.4) is 0 Å². The van der Waals surface area contributed by atoms with E-state index in [1.165, 1.54) is 87.3 Å². The fourth-order valence-electron chi connectivity index (χ4n) is 14.2. The Labute approximate surface area is 220 Å². The van der Waals surface area contributed by atoms with Gasteiger partial charge in [-0.2, -0.15) is 0 Å². The van der Waals surface area contributed by atoms with Crippen molar-refractivity contribution in [1.29, 1.82) is 0 Å². The first kappa shape index (κ1) is 23.5. The summed E-state index contributed by atoms with van der Waals surface area (Å²) >= 11 is 0. The lowest BCUT2D eigenvalue weighted by molar-refractivity contribution is -0.275. The van der Waals surface area contributed by atoms with E-state index in [1.807, 2.05) is 6.08 Å². The van der Waals surface area contributed by atoms with Gasteiger partial charge in [-0.15, -0.1) is 0 Å². The zero-order valence-electron chi connectivity index (χ0n) is 23.5. The molecule has 0 nitrogen and oxygen atoms in total. The molecule has 0 N–H and O–H groups in total. The maximum absolute atomic E-state index is 4.23. The Hall–Kier alpha value is -1.56. The van der Waals surface area contributed by atoms with Crippen LogP contribution < -0.4 is 0 Å². The van der Waals surface area contributed by atoms with Crippen molar-refractivity contribution in [3.05, 3.63) is 54.1 Å². The van der Waals surface area contributed by atoms with Crippen molar-refractivity contribution in [2.45, 2.75) is 104 Å². The van der Waals surface area contributed by atoms with Gasteiger partial charge in [0.2, 0.25) is 0 Å². The molecule has 192 valence electrons. The van der Waals surface area contributed by atoms with Crippen LogP contribution in [-0.2, 0) is 0 Å². The van der Waals surface area contributed by atoms with E-state index >= 15 is 0 Å². The predicted molar refractivity (Wildman–Crippen MR) is 155 cm³/mol. The maximum Gasteiger partial charge on any atom is -0.00450 e. The molecule has 36 heavy (non-hydrogen) atoms. The molecular formula is C36H48. The highest BCUT2D eigenvalue weighted by atomic mass is 14.8. The van der Waals surface area contributed by atoms with Gasteiger partial charge in [0.1, 0.15) is 0 Å². The lowest BCUT2D eigenvalue weighted by Gasteiger charge is -2.79. The van der Waals surface area contributed by atoms with Gasteiger partial charge in [0, 0.05) is 0 Å². The molecule has 7 unspecified atom stereocenters. The van der Waals surface area contributed by atoms with Gasteiger partial charge in [-0.1, -0.05) is 77.8 Å². The van der Waals surface area contributed by atoms with Crippen LogP contribution in [0.5, 0.6) is 0 Å². The summed E-state index contributed by atoms with van der Waals surface area (Å²) in [6, 6.07) is 5.06. The molecule has 0 amide bonds. The van der Waals surface area contributed by atoms with E-state index in [4.69, 9.17) is 0 Å². The molecule has 0 heterocycles. The lowest BCUT2D eigenvalue weighted by Crippen LogP contribution is -2.69. The van der Waals surface area contributed by atoms with Crippen LogP contribution in [-0.4, -0.2) is 0 Å². The van der Waals surface area contributed by atoms with E-state index in [2.05, 4.69) is 71.7 Å². The third-order valence-corrected chi connectivity index (χ3v) is 12.9. The van der Waals surface area contributed by atoms with Gasteiger partial charge in [0.15, 0.2) is 0 Å². The van der Waals surface area contributed by atoms with Crippen LogP contribution in [0.2, 0.25) is 0 Å². The SMILES string of the molecule is C=Cc1cc(C2C3(C)CC4CC(C)(C3)CC2(C23CC5CC(C)(CC(C)(C5)C2)C3)C4)cc(C=C)c1C=C. The average molecular weight is 481 g/mol. The lowest BCUT2D eigenvalue weighted by atomic mass is 9.25. The van der Waals surface area contributed by atoms with Crippen LogP contribution >= 0.6 is 0 Å². The highest BCUT2D eigenvalue weighted by Gasteiger charge is 2.75. The molecule has 0 spiro atoms. The normalized spacial score (nSPS) is 51.9. The van der Waals surface area contributed by atoms with E-state index in [9.17, 15) is 0 Å². The molecule has 0 heteroatoms. The van der Waals surface area contributed by atoms with Crippen molar-refractivity contribution in [3.8, 4) is 0 Å². The van der Waals surface area contributed by atoms with Crippen molar-refractivity contribution >= 4 is 18.2 Å². The summed E-state index contributed by atoms with van der Waals surface area (Å²) in [6.07, 6.45) is 22.4. The second kappa shape index (κ2) is 6.90. The Morgan fingerprint density at radius 3 is 1.69 bits per heavy atom. The van der Waals surface area contributed by atoms with Crippen LogP contribution in [0, 0.1) is 44.3 Å². The number of hydrogen-bond acceptors (Lipinski definition) is 0. The fourth-order valence-corrected chi connectivity index (χ4v) is 14.2. The molecule has 8 saturated carbocycles. The van der Waals surface area contributed by atoms with E-state index in [0.29, 0.717) is 38.4 Å². The molecule has 0 aromatic heterocycles. The highest BCUT2D eigenvalue weighted by molar-refractivity contribution is 5.73. The molecule has 9 rings (SSSR count). The van der Waals surface area contributed by atoms with E-state index in [-0.39, 0.29) is 0 Å². The third kappa shape index (κ3) is 2.88. The van der Waals surface area contributed by atoms with E-state index < -0.39 is 0 Å². The minimum absolute atomic E-state index is 0.395. The van der Waals surface area contributed by atoms with Gasteiger partial charge < -0.3 is 0 Å². The van der Waals surface area contributed by atoms with Crippen molar-refractivity contribution in [2.75, 3.05) is 0 Å². The minimum atomic E-state index is 0.395. The Bertz CT molecular complexity index is 1140. The summed E-state index contributed by atoms with van der Waals surface area (Å²) in [5.74, 6) is 2.54. The van der Waals surface area contributed by atoms with Gasteiger partial charge >= 0.3 is 0 Å². The predicted octanol–water partition coefficient (Wildman–Crippen LogP) is 10.3. The van der Waals surface area contributed by atoms with Crippen molar-refractivity contribution in [3.63, 3.8) is 0 Å². The van der Waals surface area contributed by atoms with Crippen molar-refractivity contribution in [1.82, 2.24) is 0 Å². The smallest absolute Gasteiger partial charge is 0.00450 e. The maximum atomic E-state index is 4.23. The molecule has 8 aliphatic rings. The molecule has 0 saturated heterocycles. The largest absolute Gasteiger partial charge is 0.0984 e. The summed E-state index contributed by atoms with van der Waals surface area (Å²) in [5, 5.41) is 0. The van der Waals surface area contributed by atoms with Gasteiger partial charge in [0.05, 0.1) is 0 Å². The van der Waals surface area contributed by atoms with E-state index in [0.717, 1.165) is 11.8 Å². The van der Waals surface area contributed by atoms with Gasteiger partial charge in [-0.25, -0.2) is 0 Å². The summed E-state index contributed by atoms with van der Waals surface area (Å²) in [5.41, 5.74) is 8.31. The standard InChI is InChI=1S/C36H48/c1-8-26-11-28(12-27(9-2)29(26)10-3)30-34(7)16-25-15-33(6,20-34)23-36(30,18-25)35-17-24-13-31(4,21-35)19-32(5,14-24)22-35/h8-12,24-25,30H,1-3,13-23H2,4-7H3. The van der Waals surface area contributed by atoms with Gasteiger partial charge in [0.25, 0.3) is 0 Å². The molecule has 8 fully saturated rings. The van der Waals surface area contributed by atoms with Crippen LogP contribution in [0.15, 0.2) is 31.9 Å². The zero-order valence-corrected chi connectivity index (χ0v) is 23.5. The second-order valence-electron chi connectivity index (χ2n) is 16.5. The molecule has 0 radical (unpaired) electrons. The molecular weight excluding hydrogens is 432 g/mol. The number of rotatable bonds is 5. The number of benzene rings is 1. The summed E-state index contributed by atoms with van der Waals surface area (Å²) in [7, 11) is 0. The Balaban J connectivity index is 1.47. The van der Waals surface area contributed by atoms with Crippen molar-refractivity contribution in [2.24, 2.45) is 44.3 Å². The second-order valence-corrected chi connectivity index (χ2v) is 16.5. The summed E-state index contributed by atoms with van der Waals surface area (Å²) in [4.78, 5) is 0. The molecule has 8 bridgehead atoms. The van der Waals surface area contributed by atoms with E-state index in [1.54, 1.807) is 5.56 Å². The monoisotopic (exact) mass is 480 g/mol. The molecule has 7 atom stereocenters. The quantitative estimate of drug-likeness (QED) is 0.393. The Kier molecular flexibility index (Phi) is 4.51. The summed E-state index contributed by atoms with van der Waals surface area (Å²) < 4.78 is 0. The molecule has 0 aliphatic heterocycles. The molecule has 1 aromatic carbocycles. The van der Waals surface area contributed by atoms with Crippen molar-refractivity contribution < 1.29 is 0 Å². The molecule has 1 aromatic rings. The first-order valence-corrected chi connectivity index (χ1v) is 15.0. The Morgan fingerprint density at radius 1 is 0.639 bits per heavy atom. The average Bonchev–Trinajstić information content (AvgIpc) is 2.73. The molecule has 8 aliphatic carbocycles. The van der Waals surface area contributed by atoms with Gasteiger partial charge in [-0.3, -0.25) is 0 Å².